The van der Waals surface area contributed by atoms with Crippen molar-refractivity contribution in [2.24, 2.45) is 4.99 Å². The average Bonchev–Trinajstić information content (AvgIpc) is 3.24. The molecule has 0 aliphatic heterocycles. The monoisotopic (exact) mass is 400 g/mol. The van der Waals surface area contributed by atoms with Crippen molar-refractivity contribution in [3.8, 4) is 10.6 Å². The van der Waals surface area contributed by atoms with Crippen LogP contribution < -0.4 is 4.80 Å². The Balaban J connectivity index is 1.93. The van der Waals surface area contributed by atoms with Crippen molar-refractivity contribution in [3.05, 3.63) is 57.0 Å². The Kier molecular flexibility index (Phi) is 6.63. The molecule has 0 saturated heterocycles. The van der Waals surface area contributed by atoms with Gasteiger partial charge in [-0.05, 0) is 61.9 Å². The molecule has 27 heavy (non-hydrogen) atoms. The van der Waals surface area contributed by atoms with Crippen LogP contribution in [-0.4, -0.2) is 17.1 Å². The molecule has 0 atom stereocenters. The number of thiazole rings is 1. The van der Waals surface area contributed by atoms with Crippen LogP contribution in [0.1, 0.15) is 30.9 Å². The Hall–Kier alpha value is -2.18. The van der Waals surface area contributed by atoms with Gasteiger partial charge in [-0.15, -0.1) is 22.7 Å². The van der Waals surface area contributed by atoms with Gasteiger partial charge in [0, 0.05) is 18.3 Å². The first kappa shape index (κ1) is 19.6. The van der Waals surface area contributed by atoms with Gasteiger partial charge in [-0.2, -0.15) is 0 Å². The zero-order chi connectivity index (χ0) is 19.2. The number of rotatable bonds is 7. The number of ether oxygens (including phenoxy) is 1. The predicted octanol–water partition coefficient (Wildman–Crippen LogP) is 5.47. The summed E-state index contributed by atoms with van der Waals surface area (Å²) >= 11 is 3.35. The average molecular weight is 401 g/mol. The van der Waals surface area contributed by atoms with Crippen LogP contribution in [0.15, 0.2) is 46.1 Å². The van der Waals surface area contributed by atoms with Gasteiger partial charge < -0.3 is 9.30 Å². The number of esters is 1. The number of benzene rings is 1. The summed E-state index contributed by atoms with van der Waals surface area (Å²) in [6.45, 7) is 7.18. The van der Waals surface area contributed by atoms with Crippen LogP contribution in [0.25, 0.3) is 10.6 Å². The van der Waals surface area contributed by atoms with Crippen LogP contribution in [0.2, 0.25) is 0 Å². The molecule has 0 saturated carbocycles. The van der Waals surface area contributed by atoms with Gasteiger partial charge in [0.25, 0.3) is 0 Å². The summed E-state index contributed by atoms with van der Waals surface area (Å²) < 4.78 is 7.26. The van der Waals surface area contributed by atoms with E-state index in [9.17, 15) is 4.79 Å². The Bertz CT molecular complexity index is 948. The number of aromatic nitrogens is 1. The second-order valence-corrected chi connectivity index (χ2v) is 8.18. The molecule has 0 aliphatic carbocycles. The molecule has 6 heteroatoms. The van der Waals surface area contributed by atoms with Crippen molar-refractivity contribution in [2.45, 2.75) is 40.2 Å². The molecule has 4 nitrogen and oxygen atoms in total. The number of carbonyl (C=O) groups excluding carboxylic acids is 1. The van der Waals surface area contributed by atoms with E-state index in [4.69, 9.17) is 9.73 Å². The lowest BCUT2D eigenvalue weighted by atomic mass is 10.1. The van der Waals surface area contributed by atoms with Crippen molar-refractivity contribution in [1.82, 2.24) is 4.57 Å². The minimum Gasteiger partial charge on any atom is -0.466 e. The zero-order valence-corrected chi connectivity index (χ0v) is 17.5. The molecule has 0 spiro atoms. The molecular formula is C21H24N2O2S2. The molecular weight excluding hydrogens is 376 g/mol. The van der Waals surface area contributed by atoms with Crippen LogP contribution >= 0.6 is 22.7 Å². The van der Waals surface area contributed by atoms with E-state index in [1.807, 2.05) is 6.92 Å². The predicted molar refractivity (Wildman–Crippen MR) is 113 cm³/mol. The Morgan fingerprint density at radius 1 is 1.19 bits per heavy atom. The van der Waals surface area contributed by atoms with E-state index in [-0.39, 0.29) is 5.97 Å². The first-order chi connectivity index (χ1) is 13.1. The third-order valence-corrected chi connectivity index (χ3v) is 5.83. The fourth-order valence-electron chi connectivity index (χ4n) is 3.00. The molecule has 0 aliphatic rings. The lowest BCUT2D eigenvalue weighted by Crippen LogP contribution is -2.17. The maximum Gasteiger partial charge on any atom is 0.305 e. The maximum absolute atomic E-state index is 11.7. The summed E-state index contributed by atoms with van der Waals surface area (Å²) in [4.78, 5) is 18.7. The van der Waals surface area contributed by atoms with E-state index >= 15 is 0 Å². The highest BCUT2D eigenvalue weighted by atomic mass is 32.1. The van der Waals surface area contributed by atoms with Gasteiger partial charge in [0.15, 0.2) is 4.80 Å². The van der Waals surface area contributed by atoms with Crippen LogP contribution in [-0.2, 0) is 16.1 Å². The molecule has 3 aromatic rings. The molecule has 3 rings (SSSR count). The van der Waals surface area contributed by atoms with Crippen LogP contribution in [0.5, 0.6) is 0 Å². The summed E-state index contributed by atoms with van der Waals surface area (Å²) in [7, 11) is 0. The quantitative estimate of drug-likeness (QED) is 0.494. The second-order valence-electron chi connectivity index (χ2n) is 6.40. The second kappa shape index (κ2) is 9.15. The van der Waals surface area contributed by atoms with Gasteiger partial charge in [0.2, 0.25) is 0 Å². The Labute approximate surface area is 167 Å². The lowest BCUT2D eigenvalue weighted by molar-refractivity contribution is -0.143. The molecule has 2 heterocycles. The van der Waals surface area contributed by atoms with Crippen molar-refractivity contribution in [3.63, 3.8) is 0 Å². The third kappa shape index (κ3) is 5.17. The summed E-state index contributed by atoms with van der Waals surface area (Å²) in [5, 5.41) is 4.23. The zero-order valence-electron chi connectivity index (χ0n) is 15.9. The van der Waals surface area contributed by atoms with E-state index in [1.165, 1.54) is 16.0 Å². The Morgan fingerprint density at radius 2 is 1.96 bits per heavy atom. The molecule has 2 aromatic heterocycles. The summed E-state index contributed by atoms with van der Waals surface area (Å²) in [6, 6.07) is 10.5. The molecule has 0 N–H and O–H groups in total. The highest BCUT2D eigenvalue weighted by Gasteiger charge is 2.10. The van der Waals surface area contributed by atoms with Crippen molar-refractivity contribution in [1.29, 1.82) is 0 Å². The summed E-state index contributed by atoms with van der Waals surface area (Å²) in [6.07, 6.45) is 1.15. The third-order valence-electron chi connectivity index (χ3n) is 4.07. The Morgan fingerprint density at radius 3 is 2.63 bits per heavy atom. The van der Waals surface area contributed by atoms with Gasteiger partial charge in [-0.25, -0.2) is 4.99 Å². The van der Waals surface area contributed by atoms with E-state index in [2.05, 4.69) is 59.5 Å². The SMILES string of the molecule is CCOC(=O)CCCn1c(-c2cccs2)csc1=Nc1cc(C)cc(C)c1. The summed E-state index contributed by atoms with van der Waals surface area (Å²) in [5.41, 5.74) is 4.53. The molecule has 0 fully saturated rings. The van der Waals surface area contributed by atoms with Crippen molar-refractivity contribution < 1.29 is 9.53 Å². The molecule has 0 unspecified atom stereocenters. The van der Waals surface area contributed by atoms with E-state index in [0.717, 1.165) is 29.1 Å². The molecule has 0 radical (unpaired) electrons. The smallest absolute Gasteiger partial charge is 0.305 e. The first-order valence-electron chi connectivity index (χ1n) is 9.07. The topological polar surface area (TPSA) is 43.6 Å². The first-order valence-corrected chi connectivity index (χ1v) is 10.8. The number of carbonyl (C=O) groups is 1. The molecule has 0 amide bonds. The number of nitrogens with zero attached hydrogens (tertiary/aromatic N) is 2. The largest absolute Gasteiger partial charge is 0.466 e. The summed E-state index contributed by atoms with van der Waals surface area (Å²) in [5.74, 6) is -0.140. The van der Waals surface area contributed by atoms with Crippen LogP contribution in [0.4, 0.5) is 5.69 Å². The van der Waals surface area contributed by atoms with E-state index < -0.39 is 0 Å². The van der Waals surface area contributed by atoms with Crippen molar-refractivity contribution in [2.75, 3.05) is 6.61 Å². The molecule has 1 aromatic carbocycles. The minimum absolute atomic E-state index is 0.140. The van der Waals surface area contributed by atoms with Gasteiger partial charge in [-0.3, -0.25) is 4.79 Å². The number of hydrogen-bond donors (Lipinski definition) is 0. The highest BCUT2D eigenvalue weighted by Crippen LogP contribution is 2.26. The lowest BCUT2D eigenvalue weighted by Gasteiger charge is -2.08. The van der Waals surface area contributed by atoms with E-state index in [1.54, 1.807) is 22.7 Å². The standard InChI is InChI=1S/C21H24N2O2S2/c1-4-25-20(24)8-5-9-23-18(19-7-6-10-26-19)14-27-21(23)22-17-12-15(2)11-16(3)13-17/h6-7,10-14H,4-5,8-9H2,1-3H3. The maximum atomic E-state index is 11.7. The van der Waals surface area contributed by atoms with Gasteiger partial charge in [0.1, 0.15) is 0 Å². The van der Waals surface area contributed by atoms with Crippen LogP contribution in [0, 0.1) is 13.8 Å². The molecule has 0 bridgehead atoms. The van der Waals surface area contributed by atoms with Gasteiger partial charge >= 0.3 is 5.97 Å². The van der Waals surface area contributed by atoms with Crippen molar-refractivity contribution >= 4 is 34.3 Å². The molecule has 142 valence electrons. The fraction of sp³-hybridized carbons (Fsp3) is 0.333. The van der Waals surface area contributed by atoms with E-state index in [0.29, 0.717) is 13.0 Å². The number of thiophene rings is 1. The van der Waals surface area contributed by atoms with Crippen LogP contribution in [0.3, 0.4) is 0 Å². The highest BCUT2D eigenvalue weighted by molar-refractivity contribution is 7.14. The normalized spacial score (nSPS) is 11.7. The van der Waals surface area contributed by atoms with Gasteiger partial charge in [0.05, 0.1) is 22.9 Å². The number of hydrogen-bond acceptors (Lipinski definition) is 5. The minimum atomic E-state index is -0.140. The number of aryl methyl sites for hydroxylation is 2. The van der Waals surface area contributed by atoms with Gasteiger partial charge in [-0.1, -0.05) is 12.1 Å². The fourth-order valence-corrected chi connectivity index (χ4v) is 4.77.